The normalized spacial score (nSPS) is 23.0. The molecule has 0 bridgehead atoms. The zero-order valence-electron chi connectivity index (χ0n) is 13.0. The van der Waals surface area contributed by atoms with Crippen molar-refractivity contribution in [1.29, 1.82) is 0 Å². The third-order valence-corrected chi connectivity index (χ3v) is 2.40. The molecule has 0 aliphatic carbocycles. The number of hydrogen-bond acceptors (Lipinski definition) is 3. The van der Waals surface area contributed by atoms with Crippen molar-refractivity contribution in [3.05, 3.63) is 12.3 Å². The van der Waals surface area contributed by atoms with Gasteiger partial charge in [0.15, 0.2) is 6.10 Å². The summed E-state index contributed by atoms with van der Waals surface area (Å²) >= 11 is 0. The minimum atomic E-state index is -0.280. The first-order valence-corrected chi connectivity index (χ1v) is 6.66. The molecular weight excluding hydrogens is 228 g/mol. The molecule has 0 radical (unpaired) electrons. The number of carbonyl (C=O) groups excluding carboxylic acids is 1. The van der Waals surface area contributed by atoms with Crippen LogP contribution < -0.4 is 0 Å². The maximum absolute atomic E-state index is 11.2. The summed E-state index contributed by atoms with van der Waals surface area (Å²) in [4.78, 5) is 17.0. The van der Waals surface area contributed by atoms with Crippen LogP contribution in [-0.2, 0) is 4.74 Å². The molecule has 1 aliphatic rings. The van der Waals surface area contributed by atoms with Crippen LogP contribution in [0, 0.1) is 0 Å². The number of rotatable bonds is 2. The predicted octanol–water partition coefficient (Wildman–Crippen LogP) is 3.87. The second-order valence-electron chi connectivity index (χ2n) is 3.41. The Balaban J connectivity index is 0. The molecule has 2 unspecified atom stereocenters. The van der Waals surface area contributed by atoms with Gasteiger partial charge < -0.3 is 9.64 Å². The molecule has 0 aromatic heterocycles. The fourth-order valence-corrected chi connectivity index (χ4v) is 1.36. The van der Waals surface area contributed by atoms with E-state index in [0.29, 0.717) is 0 Å². The Labute approximate surface area is 112 Å². The van der Waals surface area contributed by atoms with Gasteiger partial charge in [-0.05, 0) is 20.8 Å². The molecule has 4 nitrogen and oxygen atoms in total. The van der Waals surface area contributed by atoms with Crippen LogP contribution in [0.15, 0.2) is 17.3 Å². The lowest BCUT2D eigenvalue weighted by Crippen LogP contribution is -2.34. The van der Waals surface area contributed by atoms with Crippen LogP contribution in [0.25, 0.3) is 0 Å². The number of carbonyl (C=O) groups is 1. The number of cyclic esters (lactones) is 1. The molecule has 0 spiro atoms. The first kappa shape index (κ1) is 19.0. The SMILES string of the molecule is C/C=C\N=C(C)C1OC(=O)N(C)C1C.CC.CC. The molecule has 1 aliphatic heterocycles. The van der Waals surface area contributed by atoms with Gasteiger partial charge in [-0.3, -0.25) is 4.99 Å². The van der Waals surface area contributed by atoms with Gasteiger partial charge in [0.05, 0.1) is 11.8 Å². The van der Waals surface area contributed by atoms with Gasteiger partial charge in [-0.2, -0.15) is 0 Å². The molecule has 1 heterocycles. The van der Waals surface area contributed by atoms with E-state index in [1.807, 2.05) is 54.5 Å². The molecule has 1 rings (SSSR count). The molecule has 1 amide bonds. The van der Waals surface area contributed by atoms with E-state index in [4.69, 9.17) is 4.74 Å². The lowest BCUT2D eigenvalue weighted by Gasteiger charge is -2.15. The van der Waals surface area contributed by atoms with Gasteiger partial charge >= 0.3 is 6.09 Å². The van der Waals surface area contributed by atoms with Gasteiger partial charge in [0, 0.05) is 13.2 Å². The predicted molar refractivity (Wildman–Crippen MR) is 78.1 cm³/mol. The topological polar surface area (TPSA) is 41.9 Å². The third-order valence-electron chi connectivity index (χ3n) is 2.40. The molecule has 4 heteroatoms. The van der Waals surface area contributed by atoms with E-state index in [-0.39, 0.29) is 18.2 Å². The molecule has 0 aromatic rings. The molecule has 0 aromatic carbocycles. The van der Waals surface area contributed by atoms with E-state index in [2.05, 4.69) is 4.99 Å². The van der Waals surface area contributed by atoms with Gasteiger partial charge in [-0.1, -0.05) is 33.8 Å². The Morgan fingerprint density at radius 1 is 1.33 bits per heavy atom. The van der Waals surface area contributed by atoms with Crippen LogP contribution in [0.1, 0.15) is 48.5 Å². The highest BCUT2D eigenvalue weighted by atomic mass is 16.6. The van der Waals surface area contributed by atoms with Crippen molar-refractivity contribution < 1.29 is 9.53 Å². The summed E-state index contributed by atoms with van der Waals surface area (Å²) in [6.07, 6.45) is 3.05. The van der Waals surface area contributed by atoms with E-state index in [0.717, 1.165) is 5.71 Å². The third kappa shape index (κ3) is 5.34. The maximum atomic E-state index is 11.2. The van der Waals surface area contributed by atoms with Gasteiger partial charge in [0.2, 0.25) is 0 Å². The lowest BCUT2D eigenvalue weighted by atomic mass is 10.1. The second kappa shape index (κ2) is 10.8. The minimum Gasteiger partial charge on any atom is -0.438 e. The van der Waals surface area contributed by atoms with Crippen molar-refractivity contribution in [2.45, 2.75) is 60.6 Å². The first-order chi connectivity index (χ1) is 8.57. The fourth-order valence-electron chi connectivity index (χ4n) is 1.36. The number of amides is 1. The monoisotopic (exact) mass is 256 g/mol. The standard InChI is InChI=1S/C10H16N2O2.2C2H6/c1-5-6-11-7(2)9-8(3)12(4)10(13)14-9;2*1-2/h5-6,8-9H,1-4H3;2*1-2H3/b6-5-,11-7?;;. The van der Waals surface area contributed by atoms with Gasteiger partial charge in [-0.25, -0.2) is 4.79 Å². The van der Waals surface area contributed by atoms with Crippen molar-refractivity contribution in [3.8, 4) is 0 Å². The van der Waals surface area contributed by atoms with Crippen molar-refractivity contribution in [2.75, 3.05) is 7.05 Å². The number of ether oxygens (including phenoxy) is 1. The number of allylic oxidation sites excluding steroid dienone is 1. The van der Waals surface area contributed by atoms with E-state index in [1.54, 1.807) is 18.1 Å². The van der Waals surface area contributed by atoms with Crippen molar-refractivity contribution in [3.63, 3.8) is 0 Å². The Morgan fingerprint density at radius 2 is 1.83 bits per heavy atom. The fraction of sp³-hybridized carbons (Fsp3) is 0.714. The second-order valence-corrected chi connectivity index (χ2v) is 3.41. The summed E-state index contributed by atoms with van der Waals surface area (Å²) in [5.74, 6) is 0. The number of hydrogen-bond donors (Lipinski definition) is 0. The van der Waals surface area contributed by atoms with E-state index in [9.17, 15) is 4.79 Å². The van der Waals surface area contributed by atoms with Crippen molar-refractivity contribution in [2.24, 2.45) is 4.99 Å². The van der Waals surface area contributed by atoms with Gasteiger partial charge in [0.1, 0.15) is 0 Å². The molecule has 0 saturated carbocycles. The summed E-state index contributed by atoms with van der Waals surface area (Å²) in [7, 11) is 1.73. The number of aliphatic imine (C=N–C) groups is 1. The zero-order valence-corrected chi connectivity index (χ0v) is 13.0. The number of nitrogens with zero attached hydrogens (tertiary/aromatic N) is 2. The smallest absolute Gasteiger partial charge is 0.410 e. The minimum absolute atomic E-state index is 0.0523. The Kier molecular flexibility index (Phi) is 11.4. The summed E-state index contributed by atoms with van der Waals surface area (Å²) in [6.45, 7) is 13.7. The summed E-state index contributed by atoms with van der Waals surface area (Å²) in [5, 5.41) is 0. The average molecular weight is 256 g/mol. The van der Waals surface area contributed by atoms with Crippen LogP contribution in [0.5, 0.6) is 0 Å². The van der Waals surface area contributed by atoms with Crippen LogP contribution in [0.3, 0.4) is 0 Å². The summed E-state index contributed by atoms with van der Waals surface area (Å²) in [5.41, 5.74) is 0.827. The van der Waals surface area contributed by atoms with Gasteiger partial charge in [-0.15, -0.1) is 0 Å². The highest BCUT2D eigenvalue weighted by Crippen LogP contribution is 2.18. The molecule has 2 atom stereocenters. The quantitative estimate of drug-likeness (QED) is 0.704. The molecular formula is C14H28N2O2. The highest BCUT2D eigenvalue weighted by molar-refractivity contribution is 5.91. The Bertz CT molecular complexity index is 286. The van der Waals surface area contributed by atoms with E-state index < -0.39 is 0 Å². The molecule has 1 saturated heterocycles. The van der Waals surface area contributed by atoms with Gasteiger partial charge in [0.25, 0.3) is 0 Å². The van der Waals surface area contributed by atoms with Crippen LogP contribution in [0.4, 0.5) is 4.79 Å². The van der Waals surface area contributed by atoms with Crippen LogP contribution in [0.2, 0.25) is 0 Å². The van der Waals surface area contributed by atoms with E-state index in [1.165, 1.54) is 0 Å². The maximum Gasteiger partial charge on any atom is 0.410 e. The first-order valence-electron chi connectivity index (χ1n) is 6.66. The number of likely N-dealkylation sites (N-methyl/N-ethyl adjacent to an activating group) is 1. The van der Waals surface area contributed by atoms with Crippen molar-refractivity contribution in [1.82, 2.24) is 4.90 Å². The van der Waals surface area contributed by atoms with Crippen molar-refractivity contribution >= 4 is 11.8 Å². The highest BCUT2D eigenvalue weighted by Gasteiger charge is 2.37. The Morgan fingerprint density at radius 3 is 2.17 bits per heavy atom. The summed E-state index contributed by atoms with van der Waals surface area (Å²) in [6, 6.07) is 0.0523. The Hall–Kier alpha value is -1.32. The van der Waals surface area contributed by atoms with E-state index >= 15 is 0 Å². The molecule has 106 valence electrons. The average Bonchev–Trinajstić information content (AvgIpc) is 2.68. The summed E-state index contributed by atoms with van der Waals surface area (Å²) < 4.78 is 5.17. The molecule has 1 fully saturated rings. The van der Waals surface area contributed by atoms with Crippen LogP contribution in [-0.4, -0.2) is 35.9 Å². The van der Waals surface area contributed by atoms with Crippen LogP contribution >= 0.6 is 0 Å². The lowest BCUT2D eigenvalue weighted by molar-refractivity contribution is 0.152. The molecule has 18 heavy (non-hydrogen) atoms. The molecule has 0 N–H and O–H groups in total. The largest absolute Gasteiger partial charge is 0.438 e. The zero-order chi connectivity index (χ0) is 14.7.